The van der Waals surface area contributed by atoms with Gasteiger partial charge >= 0.3 is 51.7 Å². The fourth-order valence-electron chi connectivity index (χ4n) is 1.06. The van der Waals surface area contributed by atoms with E-state index in [9.17, 15) is 0 Å². The monoisotopic (exact) mass is 272 g/mol. The van der Waals surface area contributed by atoms with E-state index in [1.165, 1.54) is 0 Å². The van der Waals surface area contributed by atoms with Crippen LogP contribution in [0.1, 0.15) is 19.3 Å². The fourth-order valence-corrected chi connectivity index (χ4v) is 7.93. The van der Waals surface area contributed by atoms with Crippen LogP contribution < -0.4 is 0 Å². The molecule has 0 saturated carbocycles. The van der Waals surface area contributed by atoms with Crippen molar-refractivity contribution in [2.24, 2.45) is 0 Å². The summed E-state index contributed by atoms with van der Waals surface area (Å²) >= 11 is -0.0864. The molecule has 0 spiro atoms. The Morgan fingerprint density at radius 3 is 1.67 bits per heavy atom. The molecule has 0 amide bonds. The van der Waals surface area contributed by atoms with Crippen LogP contribution in [0.25, 0.3) is 0 Å². The summed E-state index contributed by atoms with van der Waals surface area (Å²) in [5, 5.41) is 0. The molecule has 0 N–H and O–H groups in total. The molecule has 0 radical (unpaired) electrons. The molecule has 1 fully saturated rings. The molecule has 1 saturated heterocycles. The third kappa shape index (κ3) is 1.59. The first-order valence-corrected chi connectivity index (χ1v) is 10.8. The molecule has 1 aliphatic heterocycles. The van der Waals surface area contributed by atoms with Crippen molar-refractivity contribution in [3.8, 4) is 0 Å². The molecule has 1 rings (SSSR count). The molecule has 32 valence electrons. The second-order valence-corrected chi connectivity index (χ2v) is 10.4. The molecular formula is C5H10Hg. The van der Waals surface area contributed by atoms with Gasteiger partial charge in [-0.15, -0.1) is 0 Å². The van der Waals surface area contributed by atoms with E-state index in [1.54, 1.807) is 27.1 Å². The van der Waals surface area contributed by atoms with Crippen molar-refractivity contribution in [1.29, 1.82) is 0 Å². The van der Waals surface area contributed by atoms with Gasteiger partial charge in [0, 0.05) is 0 Å². The predicted molar refractivity (Wildman–Crippen MR) is 23.5 cm³/mol. The zero-order valence-corrected chi connectivity index (χ0v) is 9.74. The Kier molecular flexibility index (Phi) is 2.54. The average molecular weight is 271 g/mol. The Labute approximate surface area is 51.7 Å². The summed E-state index contributed by atoms with van der Waals surface area (Å²) in [5.74, 6) is 0. The van der Waals surface area contributed by atoms with Crippen LogP contribution >= 0.6 is 0 Å². The molecule has 0 atom stereocenters. The topological polar surface area (TPSA) is 0 Å². The summed E-state index contributed by atoms with van der Waals surface area (Å²) in [6, 6.07) is 0. The third-order valence-corrected chi connectivity index (χ3v) is 9.27. The van der Waals surface area contributed by atoms with Gasteiger partial charge in [-0.05, 0) is 0 Å². The molecule has 1 heteroatoms. The van der Waals surface area contributed by atoms with Crippen molar-refractivity contribution < 1.29 is 24.6 Å². The Bertz CT molecular complexity index is 19.4. The van der Waals surface area contributed by atoms with Crippen molar-refractivity contribution in [1.82, 2.24) is 0 Å². The van der Waals surface area contributed by atoms with E-state index >= 15 is 0 Å². The normalized spacial score (nSPS) is 21.3. The van der Waals surface area contributed by atoms with Crippen LogP contribution in [-0.2, 0) is 24.6 Å². The summed E-state index contributed by atoms with van der Waals surface area (Å²) in [6.07, 6.45) is 4.75. The van der Waals surface area contributed by atoms with E-state index in [0.29, 0.717) is 0 Å². The zero-order chi connectivity index (χ0) is 4.24. The van der Waals surface area contributed by atoms with Crippen LogP contribution in [0.4, 0.5) is 0 Å². The first kappa shape index (κ1) is 5.08. The Hall–Kier alpha value is 0.935. The van der Waals surface area contributed by atoms with Crippen LogP contribution in [0.15, 0.2) is 0 Å². The van der Waals surface area contributed by atoms with Gasteiger partial charge in [-0.1, -0.05) is 0 Å². The van der Waals surface area contributed by atoms with Crippen molar-refractivity contribution in [3.63, 3.8) is 0 Å². The van der Waals surface area contributed by atoms with Gasteiger partial charge in [0.05, 0.1) is 0 Å². The zero-order valence-electron chi connectivity index (χ0n) is 4.24. The Balaban J connectivity index is 2.00. The molecule has 0 aromatic heterocycles. The maximum absolute atomic E-state index is 1.72. The molecule has 1 aliphatic rings. The number of hydrogen-bond donors (Lipinski definition) is 0. The van der Waals surface area contributed by atoms with Crippen molar-refractivity contribution in [2.75, 3.05) is 0 Å². The van der Waals surface area contributed by atoms with Crippen LogP contribution in [0.2, 0.25) is 7.86 Å². The molecule has 0 aliphatic carbocycles. The quantitative estimate of drug-likeness (QED) is 0.592. The summed E-state index contributed by atoms with van der Waals surface area (Å²) in [7, 11) is 0. The van der Waals surface area contributed by atoms with Crippen LogP contribution in [0, 0.1) is 0 Å². The fraction of sp³-hybridized carbons (Fsp3) is 1.00. The molecular weight excluding hydrogens is 261 g/mol. The van der Waals surface area contributed by atoms with Crippen LogP contribution in [0.5, 0.6) is 0 Å². The molecule has 0 aromatic carbocycles. The SMILES string of the molecule is C1C[CH2][Hg][CH2]C1. The minimum absolute atomic E-state index is 0.0864. The molecule has 0 aromatic rings. The Morgan fingerprint density at radius 2 is 1.50 bits per heavy atom. The predicted octanol–water partition coefficient (Wildman–Crippen LogP) is 2.09. The maximum atomic E-state index is 1.72. The van der Waals surface area contributed by atoms with E-state index in [0.717, 1.165) is 0 Å². The standard InChI is InChI=1S/C5H10.Hg/c1-3-5-4-2;/h1-5H2;. The third-order valence-electron chi connectivity index (χ3n) is 1.50. The van der Waals surface area contributed by atoms with Crippen molar-refractivity contribution in [3.05, 3.63) is 0 Å². The second kappa shape index (κ2) is 3.01. The number of hydrogen-bond acceptors (Lipinski definition) is 0. The minimum atomic E-state index is -0.0864. The van der Waals surface area contributed by atoms with Gasteiger partial charge in [-0.25, -0.2) is 0 Å². The number of rotatable bonds is 0. The average Bonchev–Trinajstić information content (AvgIpc) is 1.72. The van der Waals surface area contributed by atoms with Crippen molar-refractivity contribution >= 4 is 0 Å². The van der Waals surface area contributed by atoms with Gasteiger partial charge in [0.25, 0.3) is 0 Å². The van der Waals surface area contributed by atoms with E-state index in [1.807, 2.05) is 0 Å². The summed E-state index contributed by atoms with van der Waals surface area (Å²) < 4.78 is 3.44. The molecule has 0 bridgehead atoms. The molecule has 6 heavy (non-hydrogen) atoms. The summed E-state index contributed by atoms with van der Waals surface area (Å²) in [6.45, 7) is 0. The first-order valence-electron chi connectivity index (χ1n) is 3.00. The van der Waals surface area contributed by atoms with E-state index in [-0.39, 0.29) is 24.6 Å². The Morgan fingerprint density at radius 1 is 0.833 bits per heavy atom. The molecule has 0 unspecified atom stereocenters. The van der Waals surface area contributed by atoms with Gasteiger partial charge in [-0.3, -0.25) is 0 Å². The van der Waals surface area contributed by atoms with Gasteiger partial charge < -0.3 is 0 Å². The van der Waals surface area contributed by atoms with Crippen molar-refractivity contribution in [2.45, 2.75) is 27.1 Å². The first-order chi connectivity index (χ1) is 3.00. The van der Waals surface area contributed by atoms with E-state index in [2.05, 4.69) is 0 Å². The second-order valence-electron chi connectivity index (χ2n) is 2.12. The van der Waals surface area contributed by atoms with E-state index < -0.39 is 0 Å². The van der Waals surface area contributed by atoms with Gasteiger partial charge in [0.1, 0.15) is 0 Å². The summed E-state index contributed by atoms with van der Waals surface area (Å²) in [4.78, 5) is 0. The van der Waals surface area contributed by atoms with Gasteiger partial charge in [0.2, 0.25) is 0 Å². The van der Waals surface area contributed by atoms with Crippen LogP contribution in [0.3, 0.4) is 0 Å². The molecule has 0 nitrogen and oxygen atoms in total. The van der Waals surface area contributed by atoms with Gasteiger partial charge in [0.15, 0.2) is 0 Å². The van der Waals surface area contributed by atoms with E-state index in [4.69, 9.17) is 0 Å². The summed E-state index contributed by atoms with van der Waals surface area (Å²) in [5.41, 5.74) is 0. The molecule has 1 heterocycles. The van der Waals surface area contributed by atoms with Gasteiger partial charge in [-0.2, -0.15) is 0 Å². The van der Waals surface area contributed by atoms with Crippen LogP contribution in [-0.4, -0.2) is 0 Å².